The number of carboxylic acids is 1. The van der Waals surface area contributed by atoms with Crippen LogP contribution >= 0.6 is 0 Å². The van der Waals surface area contributed by atoms with Crippen molar-refractivity contribution in [3.63, 3.8) is 0 Å². The molecule has 2 heterocycles. The van der Waals surface area contributed by atoms with Crippen molar-refractivity contribution in [3.05, 3.63) is 59.8 Å². The van der Waals surface area contributed by atoms with Crippen molar-refractivity contribution in [1.82, 2.24) is 0 Å². The molecule has 14 atom stereocenters. The molecule has 0 aromatic rings. The third-order valence-electron chi connectivity index (χ3n) is 11.6. The summed E-state index contributed by atoms with van der Waals surface area (Å²) >= 11 is 0. The van der Waals surface area contributed by atoms with Crippen molar-refractivity contribution in [2.75, 3.05) is 6.61 Å². The maximum absolute atomic E-state index is 13.7. The Labute approximate surface area is 308 Å². The highest BCUT2D eigenvalue weighted by molar-refractivity contribution is 5.90. The minimum atomic E-state index is -1.71. The molecule has 292 valence electrons. The van der Waals surface area contributed by atoms with Gasteiger partial charge < -0.3 is 49.2 Å². The number of ether oxygens (including phenoxy) is 5. The Kier molecular flexibility index (Phi) is 12.8. The number of carbonyl (C=O) groups is 4. The molecule has 2 saturated carbocycles. The zero-order valence-electron chi connectivity index (χ0n) is 30.4. The lowest BCUT2D eigenvalue weighted by atomic mass is 9.82. The third-order valence-corrected chi connectivity index (χ3v) is 11.6. The number of aliphatic carboxylic acids is 1. The molecular weight excluding hydrogens is 692 g/mol. The minimum absolute atomic E-state index is 0.0678. The van der Waals surface area contributed by atoms with E-state index in [-0.39, 0.29) is 23.7 Å². The Morgan fingerprint density at radius 1 is 1.00 bits per heavy atom. The fourth-order valence-electron chi connectivity index (χ4n) is 8.30. The van der Waals surface area contributed by atoms with Gasteiger partial charge in [-0.15, -0.1) is 0 Å². The fraction of sp³-hybridized carbons (Fsp3) is 0.641. The molecule has 3 aliphatic carbocycles. The van der Waals surface area contributed by atoms with Gasteiger partial charge in [-0.05, 0) is 80.9 Å². The number of rotatable bonds is 9. The first kappa shape index (κ1) is 40.5. The molecule has 5 rings (SSSR count). The molecule has 0 amide bonds. The number of allylic oxidation sites excluding steroid dienone is 1. The summed E-state index contributed by atoms with van der Waals surface area (Å²) in [7, 11) is 0. The van der Waals surface area contributed by atoms with Crippen molar-refractivity contribution in [1.29, 1.82) is 0 Å². The molecule has 0 radical (unpaired) electrons. The Hall–Kier alpha value is -3.66. The van der Waals surface area contributed by atoms with Crippen molar-refractivity contribution in [2.45, 2.75) is 121 Å². The second-order valence-electron chi connectivity index (χ2n) is 15.2. The number of fused-ring (bicyclic) bond motifs is 2. The second-order valence-corrected chi connectivity index (χ2v) is 15.2. The monoisotopic (exact) mass is 744 g/mol. The van der Waals surface area contributed by atoms with E-state index in [1.165, 1.54) is 0 Å². The van der Waals surface area contributed by atoms with Crippen LogP contribution in [0.25, 0.3) is 0 Å². The SMILES string of the molecule is C=C(C(=O)O[C@H]1C/C=C(\C)C[C@H](O)[C@H]2[C@H](C)C(=O)O[C@@H]2/C=C/1C)[C@@H]1CCC(=C)[C@@H]2C[C@H](O[C@@H]3O[C@H](COC(=O)CC(=O)O)[C@@H](O)[C@H](O)[C@H]3O)C(=C)[C@@H]2C1. The first-order valence-corrected chi connectivity index (χ1v) is 18.2. The maximum atomic E-state index is 13.7. The standard InChI is InChI=1S/C39H52O14/c1-17-7-10-27(19(3)12-29-33(26(40)11-17)22(6)38(48)51-29)50-37(47)20(4)23-9-8-18(2)24-14-28(21(5)25(24)13-23)52-39-36(46)35(45)34(44)30(53-39)16-49-32(43)15-31(41)42/h7,12,22-30,33-36,39-40,44-46H,2,4-5,8-11,13-16H2,1,3,6H3,(H,41,42)/b17-7+,19-12+/t22-,23+,24-,25-,26-,27-,28-,29+,30+,33+,34+,35-,36+,39+/m0/s1. The van der Waals surface area contributed by atoms with Crippen LogP contribution in [0.5, 0.6) is 0 Å². The molecule has 14 heteroatoms. The molecule has 14 nitrogen and oxygen atoms in total. The van der Waals surface area contributed by atoms with E-state index >= 15 is 0 Å². The molecule has 0 unspecified atom stereocenters. The Morgan fingerprint density at radius 2 is 1.72 bits per heavy atom. The van der Waals surface area contributed by atoms with E-state index in [1.807, 2.05) is 19.9 Å². The summed E-state index contributed by atoms with van der Waals surface area (Å²) < 4.78 is 28.4. The topological polar surface area (TPSA) is 216 Å². The van der Waals surface area contributed by atoms with Gasteiger partial charge >= 0.3 is 23.9 Å². The number of carbonyl (C=O) groups excluding carboxylic acids is 3. The predicted octanol–water partition coefficient (Wildman–Crippen LogP) is 2.44. The molecule has 4 fully saturated rings. The van der Waals surface area contributed by atoms with Crippen LogP contribution in [0.2, 0.25) is 0 Å². The largest absolute Gasteiger partial charge is 0.481 e. The maximum Gasteiger partial charge on any atom is 0.334 e. The van der Waals surface area contributed by atoms with Crippen LogP contribution in [-0.4, -0.2) is 111 Å². The third kappa shape index (κ3) is 9.01. The number of hydrogen-bond donors (Lipinski definition) is 5. The van der Waals surface area contributed by atoms with Gasteiger partial charge in [-0.1, -0.05) is 43.9 Å². The van der Waals surface area contributed by atoms with Gasteiger partial charge in [0.15, 0.2) is 6.29 Å². The number of aliphatic hydroxyl groups is 4. The van der Waals surface area contributed by atoms with Crippen molar-refractivity contribution in [3.8, 4) is 0 Å². The summed E-state index contributed by atoms with van der Waals surface area (Å²) in [4.78, 5) is 48.7. The Morgan fingerprint density at radius 3 is 2.42 bits per heavy atom. The minimum Gasteiger partial charge on any atom is -0.481 e. The van der Waals surface area contributed by atoms with E-state index in [1.54, 1.807) is 13.0 Å². The number of aliphatic hydroxyl groups excluding tert-OH is 4. The van der Waals surface area contributed by atoms with Crippen LogP contribution in [0.4, 0.5) is 0 Å². The van der Waals surface area contributed by atoms with Gasteiger partial charge in [0.05, 0.1) is 18.1 Å². The van der Waals surface area contributed by atoms with E-state index in [0.29, 0.717) is 55.2 Å². The summed E-state index contributed by atoms with van der Waals surface area (Å²) in [5.74, 6) is -4.80. The Balaban J connectivity index is 1.24. The smallest absolute Gasteiger partial charge is 0.334 e. The van der Waals surface area contributed by atoms with Gasteiger partial charge in [0, 0.05) is 17.9 Å². The normalized spacial score (nSPS) is 41.0. The molecule has 0 spiro atoms. The summed E-state index contributed by atoms with van der Waals surface area (Å²) in [6, 6.07) is 0. The van der Waals surface area contributed by atoms with Crippen LogP contribution in [-0.2, 0) is 42.9 Å². The quantitative estimate of drug-likeness (QED) is 0.0754. The number of carboxylic acid groups (broad SMARTS) is 1. The molecule has 0 aromatic heterocycles. The van der Waals surface area contributed by atoms with Gasteiger partial charge in [0.25, 0.3) is 0 Å². The highest BCUT2D eigenvalue weighted by Gasteiger charge is 2.49. The number of esters is 3. The van der Waals surface area contributed by atoms with Crippen molar-refractivity contribution < 1.29 is 68.4 Å². The van der Waals surface area contributed by atoms with E-state index in [2.05, 4.69) is 19.7 Å². The zero-order chi connectivity index (χ0) is 38.9. The van der Waals surface area contributed by atoms with Crippen LogP contribution in [0.15, 0.2) is 59.8 Å². The molecule has 53 heavy (non-hydrogen) atoms. The lowest BCUT2D eigenvalue weighted by Gasteiger charge is -2.41. The first-order valence-electron chi connectivity index (χ1n) is 18.2. The van der Waals surface area contributed by atoms with Crippen LogP contribution in [0.1, 0.15) is 65.7 Å². The van der Waals surface area contributed by atoms with Gasteiger partial charge in [-0.2, -0.15) is 0 Å². The van der Waals surface area contributed by atoms with Crippen molar-refractivity contribution in [2.24, 2.45) is 29.6 Å². The lowest BCUT2D eigenvalue weighted by molar-refractivity contribution is -0.308. The molecule has 0 aromatic carbocycles. The van der Waals surface area contributed by atoms with Gasteiger partial charge in [-0.25, -0.2) is 4.79 Å². The van der Waals surface area contributed by atoms with E-state index in [0.717, 1.165) is 11.1 Å². The average Bonchev–Trinajstić information content (AvgIpc) is 3.48. The molecular formula is C39H52O14. The highest BCUT2D eigenvalue weighted by Crippen LogP contribution is 2.50. The van der Waals surface area contributed by atoms with Gasteiger partial charge in [0.1, 0.15) is 49.7 Å². The summed E-state index contributed by atoms with van der Waals surface area (Å²) in [5, 5.41) is 51.4. The molecule has 2 aliphatic heterocycles. The van der Waals surface area contributed by atoms with Gasteiger partial charge in [-0.3, -0.25) is 14.4 Å². The average molecular weight is 745 g/mol. The fourth-order valence-corrected chi connectivity index (χ4v) is 8.30. The van der Waals surface area contributed by atoms with Gasteiger partial charge in [0.2, 0.25) is 0 Å². The van der Waals surface area contributed by atoms with Crippen LogP contribution in [0, 0.1) is 29.6 Å². The van der Waals surface area contributed by atoms with Crippen LogP contribution < -0.4 is 0 Å². The first-order chi connectivity index (χ1) is 25.0. The highest BCUT2D eigenvalue weighted by atomic mass is 16.7. The summed E-state index contributed by atoms with van der Waals surface area (Å²) in [6.45, 7) is 17.7. The molecule has 5 aliphatic rings. The predicted molar refractivity (Wildman–Crippen MR) is 186 cm³/mol. The zero-order valence-corrected chi connectivity index (χ0v) is 30.4. The molecule has 0 bridgehead atoms. The summed E-state index contributed by atoms with van der Waals surface area (Å²) in [5.41, 5.74) is 3.53. The summed E-state index contributed by atoms with van der Waals surface area (Å²) in [6.07, 6.45) is -4.74. The lowest BCUT2D eigenvalue weighted by Crippen LogP contribution is -2.60. The Bertz CT molecular complexity index is 1550. The second kappa shape index (κ2) is 16.8. The van der Waals surface area contributed by atoms with E-state index in [9.17, 15) is 39.6 Å². The van der Waals surface area contributed by atoms with Crippen molar-refractivity contribution >= 4 is 23.9 Å². The molecule has 5 N–H and O–H groups in total. The van der Waals surface area contributed by atoms with E-state index < -0.39 is 97.9 Å². The molecule has 2 saturated heterocycles. The number of hydrogen-bond acceptors (Lipinski definition) is 13. The van der Waals surface area contributed by atoms with Crippen LogP contribution in [0.3, 0.4) is 0 Å². The van der Waals surface area contributed by atoms with E-state index in [4.69, 9.17) is 28.8 Å².